The summed E-state index contributed by atoms with van der Waals surface area (Å²) in [7, 11) is 0. The molecule has 1 aromatic carbocycles. The van der Waals surface area contributed by atoms with Gasteiger partial charge in [0.05, 0.1) is 12.7 Å². The Labute approximate surface area is 100 Å². The van der Waals surface area contributed by atoms with E-state index in [4.69, 9.17) is 5.73 Å². The number of halogens is 1. The van der Waals surface area contributed by atoms with Gasteiger partial charge in [-0.25, -0.2) is 4.39 Å². The Morgan fingerprint density at radius 1 is 1.41 bits per heavy atom. The number of hydrogen-bond donors (Lipinski definition) is 1. The Balaban J connectivity index is 2.09. The number of hydrogen-bond acceptors (Lipinski definition) is 2. The predicted octanol–water partition coefficient (Wildman–Crippen LogP) is 1.96. The van der Waals surface area contributed by atoms with E-state index in [-0.39, 0.29) is 11.9 Å². The highest BCUT2D eigenvalue weighted by atomic mass is 19.1. The predicted molar refractivity (Wildman–Crippen MR) is 65.1 cm³/mol. The molecular formula is C13H16FN3. The average molecular weight is 233 g/mol. The molecule has 4 heteroatoms. The first-order valence-electron chi connectivity index (χ1n) is 5.65. The minimum atomic E-state index is -0.197. The average Bonchev–Trinajstić information content (AvgIpc) is 2.68. The van der Waals surface area contributed by atoms with Crippen LogP contribution in [0.1, 0.15) is 18.1 Å². The third-order valence-corrected chi connectivity index (χ3v) is 2.53. The summed E-state index contributed by atoms with van der Waals surface area (Å²) in [5.41, 5.74) is 7.43. The van der Waals surface area contributed by atoms with E-state index < -0.39 is 0 Å². The molecule has 0 bridgehead atoms. The van der Waals surface area contributed by atoms with Gasteiger partial charge in [-0.15, -0.1) is 0 Å². The molecule has 1 aromatic heterocycles. The quantitative estimate of drug-likeness (QED) is 0.877. The van der Waals surface area contributed by atoms with Gasteiger partial charge in [0.2, 0.25) is 0 Å². The summed E-state index contributed by atoms with van der Waals surface area (Å²) in [5, 5.41) is 4.20. The monoisotopic (exact) mass is 233 g/mol. The van der Waals surface area contributed by atoms with Crippen molar-refractivity contribution < 1.29 is 4.39 Å². The van der Waals surface area contributed by atoms with Crippen molar-refractivity contribution in [1.29, 1.82) is 0 Å². The van der Waals surface area contributed by atoms with Crippen molar-refractivity contribution in [2.24, 2.45) is 5.73 Å². The van der Waals surface area contributed by atoms with Gasteiger partial charge in [-0.05, 0) is 25.0 Å². The molecule has 2 aromatic rings. The van der Waals surface area contributed by atoms with Gasteiger partial charge in [0, 0.05) is 17.8 Å². The molecule has 17 heavy (non-hydrogen) atoms. The molecule has 1 heterocycles. The lowest BCUT2D eigenvalue weighted by molar-refractivity contribution is 0.585. The molecule has 2 rings (SSSR count). The molecule has 1 unspecified atom stereocenters. The summed E-state index contributed by atoms with van der Waals surface area (Å²) in [6.45, 7) is 2.40. The summed E-state index contributed by atoms with van der Waals surface area (Å²) in [6.07, 6.45) is 4.48. The largest absolute Gasteiger partial charge is 0.328 e. The SMILES string of the molecule is CC(N)Cc1cnn(Cc2ccccc2F)c1. The second kappa shape index (κ2) is 5.10. The molecule has 90 valence electrons. The molecule has 0 aliphatic heterocycles. The van der Waals surface area contributed by atoms with Gasteiger partial charge in [-0.3, -0.25) is 4.68 Å². The molecule has 0 fully saturated rings. The molecule has 1 atom stereocenters. The Bertz CT molecular complexity index is 491. The van der Waals surface area contributed by atoms with Crippen LogP contribution in [0.4, 0.5) is 4.39 Å². The van der Waals surface area contributed by atoms with Crippen LogP contribution in [-0.4, -0.2) is 15.8 Å². The van der Waals surface area contributed by atoms with Crippen LogP contribution >= 0.6 is 0 Å². The first kappa shape index (κ1) is 11.8. The number of nitrogens with two attached hydrogens (primary N) is 1. The van der Waals surface area contributed by atoms with Crippen molar-refractivity contribution in [1.82, 2.24) is 9.78 Å². The maximum Gasteiger partial charge on any atom is 0.128 e. The van der Waals surface area contributed by atoms with Crippen LogP contribution in [0.25, 0.3) is 0 Å². The van der Waals surface area contributed by atoms with Crippen molar-refractivity contribution >= 4 is 0 Å². The maximum atomic E-state index is 13.4. The molecule has 0 spiro atoms. The van der Waals surface area contributed by atoms with Crippen LogP contribution in [0.5, 0.6) is 0 Å². The third-order valence-electron chi connectivity index (χ3n) is 2.53. The van der Waals surface area contributed by atoms with E-state index in [9.17, 15) is 4.39 Å². The van der Waals surface area contributed by atoms with Crippen molar-refractivity contribution in [3.8, 4) is 0 Å². The topological polar surface area (TPSA) is 43.8 Å². The zero-order chi connectivity index (χ0) is 12.3. The molecular weight excluding hydrogens is 217 g/mol. The molecule has 0 aliphatic carbocycles. The maximum absolute atomic E-state index is 13.4. The van der Waals surface area contributed by atoms with E-state index in [1.807, 2.05) is 19.2 Å². The smallest absolute Gasteiger partial charge is 0.128 e. The van der Waals surface area contributed by atoms with Gasteiger partial charge < -0.3 is 5.73 Å². The van der Waals surface area contributed by atoms with Gasteiger partial charge in [0.25, 0.3) is 0 Å². The molecule has 0 saturated carbocycles. The molecule has 0 amide bonds. The second-order valence-corrected chi connectivity index (χ2v) is 4.32. The van der Waals surface area contributed by atoms with Gasteiger partial charge >= 0.3 is 0 Å². The van der Waals surface area contributed by atoms with Gasteiger partial charge in [0.1, 0.15) is 5.82 Å². The van der Waals surface area contributed by atoms with Crippen LogP contribution in [0.15, 0.2) is 36.7 Å². The van der Waals surface area contributed by atoms with E-state index in [1.54, 1.807) is 23.0 Å². The van der Waals surface area contributed by atoms with E-state index in [2.05, 4.69) is 5.10 Å². The van der Waals surface area contributed by atoms with Crippen LogP contribution in [0, 0.1) is 5.82 Å². The lowest BCUT2D eigenvalue weighted by Crippen LogP contribution is -2.17. The Morgan fingerprint density at radius 2 is 2.18 bits per heavy atom. The summed E-state index contributed by atoms with van der Waals surface area (Å²) >= 11 is 0. The molecule has 0 saturated heterocycles. The molecule has 0 radical (unpaired) electrons. The van der Waals surface area contributed by atoms with E-state index >= 15 is 0 Å². The van der Waals surface area contributed by atoms with Gasteiger partial charge in [-0.1, -0.05) is 18.2 Å². The first-order valence-corrected chi connectivity index (χ1v) is 5.65. The zero-order valence-electron chi connectivity index (χ0n) is 9.81. The summed E-state index contributed by atoms with van der Waals surface area (Å²) in [4.78, 5) is 0. The zero-order valence-corrected chi connectivity index (χ0v) is 9.81. The molecule has 0 aliphatic rings. The number of nitrogens with zero attached hydrogens (tertiary/aromatic N) is 2. The van der Waals surface area contributed by atoms with Gasteiger partial charge in [0.15, 0.2) is 0 Å². The first-order chi connectivity index (χ1) is 8.15. The second-order valence-electron chi connectivity index (χ2n) is 4.32. The van der Waals surface area contributed by atoms with Crippen molar-refractivity contribution in [3.05, 3.63) is 53.6 Å². The highest BCUT2D eigenvalue weighted by molar-refractivity contribution is 5.18. The number of rotatable bonds is 4. The fraction of sp³-hybridized carbons (Fsp3) is 0.308. The van der Waals surface area contributed by atoms with Crippen LogP contribution in [0.3, 0.4) is 0 Å². The van der Waals surface area contributed by atoms with Crippen molar-refractivity contribution in [2.45, 2.75) is 25.9 Å². The van der Waals surface area contributed by atoms with E-state index in [0.29, 0.717) is 12.1 Å². The molecule has 2 N–H and O–H groups in total. The van der Waals surface area contributed by atoms with Crippen molar-refractivity contribution in [2.75, 3.05) is 0 Å². The minimum absolute atomic E-state index is 0.112. The Morgan fingerprint density at radius 3 is 2.88 bits per heavy atom. The highest BCUT2D eigenvalue weighted by Crippen LogP contribution is 2.09. The van der Waals surface area contributed by atoms with Crippen LogP contribution in [-0.2, 0) is 13.0 Å². The number of benzene rings is 1. The standard InChI is InChI=1S/C13H16FN3/c1-10(15)6-11-7-16-17(8-11)9-12-4-2-3-5-13(12)14/h2-5,7-8,10H,6,9,15H2,1H3. The third kappa shape index (κ3) is 3.14. The Hall–Kier alpha value is -1.68. The van der Waals surface area contributed by atoms with E-state index in [1.165, 1.54) is 6.07 Å². The van der Waals surface area contributed by atoms with E-state index in [0.717, 1.165) is 12.0 Å². The molecule has 3 nitrogen and oxygen atoms in total. The van der Waals surface area contributed by atoms with Crippen molar-refractivity contribution in [3.63, 3.8) is 0 Å². The summed E-state index contributed by atoms with van der Waals surface area (Å²) in [5.74, 6) is -0.197. The fourth-order valence-electron chi connectivity index (χ4n) is 1.77. The highest BCUT2D eigenvalue weighted by Gasteiger charge is 2.04. The summed E-state index contributed by atoms with van der Waals surface area (Å²) < 4.78 is 15.2. The Kier molecular flexibility index (Phi) is 3.54. The number of aromatic nitrogens is 2. The lowest BCUT2D eigenvalue weighted by Gasteiger charge is -2.03. The lowest BCUT2D eigenvalue weighted by atomic mass is 10.1. The normalized spacial score (nSPS) is 12.6. The van der Waals surface area contributed by atoms with Crippen LogP contribution in [0.2, 0.25) is 0 Å². The van der Waals surface area contributed by atoms with Crippen LogP contribution < -0.4 is 5.73 Å². The fourth-order valence-corrected chi connectivity index (χ4v) is 1.77. The van der Waals surface area contributed by atoms with Gasteiger partial charge in [-0.2, -0.15) is 5.10 Å². The summed E-state index contributed by atoms with van der Waals surface area (Å²) in [6, 6.07) is 6.85. The minimum Gasteiger partial charge on any atom is -0.328 e.